The molecular weight excluding hydrogens is 365 g/mol. The van der Waals surface area contributed by atoms with Gasteiger partial charge < -0.3 is 4.74 Å². The van der Waals surface area contributed by atoms with Crippen LogP contribution in [-0.4, -0.2) is 12.1 Å². The van der Waals surface area contributed by atoms with Crippen molar-refractivity contribution in [2.24, 2.45) is 17.3 Å². The monoisotopic (exact) mass is 388 g/mol. The predicted octanol–water partition coefficient (Wildman–Crippen LogP) is 6.12. The Balaban J connectivity index is 2.07. The predicted molar refractivity (Wildman–Crippen MR) is 95.8 cm³/mol. The van der Waals surface area contributed by atoms with Crippen molar-refractivity contribution < 1.29 is 22.7 Å². The van der Waals surface area contributed by atoms with Crippen LogP contribution in [0, 0.1) is 24.2 Å². The number of benzene rings is 1. The van der Waals surface area contributed by atoms with Gasteiger partial charge in [-0.1, -0.05) is 63.6 Å². The first-order valence-corrected chi connectivity index (χ1v) is 8.94. The molecule has 144 valence electrons. The summed E-state index contributed by atoms with van der Waals surface area (Å²) >= 11 is 5.31. The molecule has 0 radical (unpaired) electrons. The minimum atomic E-state index is -4.59. The fourth-order valence-corrected chi connectivity index (χ4v) is 3.55. The normalized spacial score (nSPS) is 22.5. The third-order valence-corrected chi connectivity index (χ3v) is 5.58. The van der Waals surface area contributed by atoms with Crippen molar-refractivity contribution in [2.45, 2.75) is 53.3 Å². The lowest BCUT2D eigenvalue weighted by Crippen LogP contribution is -2.12. The second-order valence-corrected chi connectivity index (χ2v) is 8.14. The van der Waals surface area contributed by atoms with Crippen LogP contribution in [0.5, 0.6) is 0 Å². The van der Waals surface area contributed by atoms with Gasteiger partial charge in [-0.2, -0.15) is 13.2 Å². The van der Waals surface area contributed by atoms with E-state index in [0.717, 1.165) is 17.2 Å². The molecule has 26 heavy (non-hydrogen) atoms. The highest BCUT2D eigenvalue weighted by Crippen LogP contribution is 2.60. The van der Waals surface area contributed by atoms with Gasteiger partial charge in [-0.3, -0.25) is 4.79 Å². The van der Waals surface area contributed by atoms with Crippen LogP contribution in [-0.2, 0) is 16.1 Å². The van der Waals surface area contributed by atoms with Crippen LogP contribution in [0.15, 0.2) is 29.3 Å². The Morgan fingerprint density at radius 3 is 2.50 bits per heavy atom. The van der Waals surface area contributed by atoms with Gasteiger partial charge in [0.25, 0.3) is 0 Å². The summed E-state index contributed by atoms with van der Waals surface area (Å²) in [5.41, 5.74) is 2.56. The second kappa shape index (κ2) is 7.26. The van der Waals surface area contributed by atoms with Crippen molar-refractivity contribution in [3.63, 3.8) is 0 Å². The Bertz CT molecular complexity index is 720. The lowest BCUT2D eigenvalue weighted by molar-refractivity contribution is -0.147. The van der Waals surface area contributed by atoms with Gasteiger partial charge in [0.2, 0.25) is 0 Å². The van der Waals surface area contributed by atoms with Crippen molar-refractivity contribution in [2.75, 3.05) is 0 Å². The molecule has 1 aliphatic carbocycles. The molecule has 0 saturated heterocycles. The SMILES string of the molecule is Cc1c(COC(=O)[C@@H]2[C@@H](C=C(Cl)C(F)(F)F)C2(C)C)cccc1C(C)C. The zero-order valence-corrected chi connectivity index (χ0v) is 16.3. The molecule has 0 unspecified atom stereocenters. The van der Waals surface area contributed by atoms with Crippen LogP contribution < -0.4 is 0 Å². The number of halogens is 4. The summed E-state index contributed by atoms with van der Waals surface area (Å²) in [5, 5.41) is -1.19. The van der Waals surface area contributed by atoms with Crippen LogP contribution in [0.25, 0.3) is 0 Å². The lowest BCUT2D eigenvalue weighted by Gasteiger charge is -2.14. The van der Waals surface area contributed by atoms with Gasteiger partial charge in [0, 0.05) is 0 Å². The molecule has 0 aliphatic heterocycles. The first kappa shape index (κ1) is 20.8. The van der Waals surface area contributed by atoms with Gasteiger partial charge in [0.15, 0.2) is 0 Å². The molecule has 0 amide bonds. The third kappa shape index (κ3) is 4.25. The van der Waals surface area contributed by atoms with Gasteiger partial charge in [-0.15, -0.1) is 0 Å². The molecule has 2 atom stereocenters. The van der Waals surface area contributed by atoms with Crippen LogP contribution in [0.2, 0.25) is 0 Å². The summed E-state index contributed by atoms with van der Waals surface area (Å²) in [6.45, 7) is 9.75. The average Bonchev–Trinajstić information content (AvgIpc) is 3.05. The fourth-order valence-electron chi connectivity index (χ4n) is 3.41. The largest absolute Gasteiger partial charge is 0.461 e. The number of esters is 1. The maximum Gasteiger partial charge on any atom is 0.426 e. The molecule has 0 aromatic heterocycles. The van der Waals surface area contributed by atoms with Crippen LogP contribution in [0.1, 0.15) is 50.3 Å². The zero-order chi connectivity index (χ0) is 19.9. The summed E-state index contributed by atoms with van der Waals surface area (Å²) in [4.78, 5) is 12.4. The van der Waals surface area contributed by atoms with E-state index in [-0.39, 0.29) is 6.61 Å². The highest BCUT2D eigenvalue weighted by molar-refractivity contribution is 6.30. The van der Waals surface area contributed by atoms with Gasteiger partial charge in [-0.25, -0.2) is 0 Å². The molecule has 0 spiro atoms. The van der Waals surface area contributed by atoms with E-state index in [4.69, 9.17) is 16.3 Å². The Hall–Kier alpha value is -1.49. The molecule has 0 N–H and O–H groups in total. The highest BCUT2D eigenvalue weighted by atomic mass is 35.5. The van der Waals surface area contributed by atoms with Crippen molar-refractivity contribution in [1.82, 2.24) is 0 Å². The summed E-state index contributed by atoms with van der Waals surface area (Å²) in [6, 6.07) is 5.85. The van der Waals surface area contributed by atoms with Crippen LogP contribution >= 0.6 is 11.6 Å². The molecule has 1 fully saturated rings. The number of allylic oxidation sites excluding steroid dienone is 2. The van der Waals surface area contributed by atoms with Gasteiger partial charge in [0.05, 0.1) is 5.92 Å². The van der Waals surface area contributed by atoms with E-state index < -0.39 is 34.4 Å². The van der Waals surface area contributed by atoms with E-state index in [1.165, 1.54) is 5.56 Å². The maximum atomic E-state index is 12.6. The van der Waals surface area contributed by atoms with E-state index in [0.29, 0.717) is 5.92 Å². The topological polar surface area (TPSA) is 26.3 Å². The van der Waals surface area contributed by atoms with Crippen molar-refractivity contribution >= 4 is 17.6 Å². The molecule has 1 aromatic rings. The number of carbonyl (C=O) groups is 1. The van der Waals surface area contributed by atoms with E-state index in [9.17, 15) is 18.0 Å². The zero-order valence-electron chi connectivity index (χ0n) is 15.6. The molecule has 1 aromatic carbocycles. The van der Waals surface area contributed by atoms with Crippen LogP contribution in [0.4, 0.5) is 13.2 Å². The average molecular weight is 389 g/mol. The van der Waals surface area contributed by atoms with Gasteiger partial charge >= 0.3 is 12.1 Å². The molecule has 1 saturated carbocycles. The summed E-state index contributed by atoms with van der Waals surface area (Å²) < 4.78 is 43.3. The third-order valence-electron chi connectivity index (χ3n) is 5.24. The fraction of sp³-hybridized carbons (Fsp3) is 0.550. The molecular formula is C20H24ClF3O2. The standard InChI is InChI=1S/C20H24ClF3O2/c1-11(2)14-8-6-7-13(12(14)3)10-26-18(25)17-15(19(17,4)5)9-16(21)20(22,23)24/h6-9,11,15,17H,10H2,1-5H3/t15-,17+/m1/s1. The van der Waals surface area contributed by atoms with Crippen molar-refractivity contribution in [3.05, 3.63) is 46.0 Å². The number of rotatable bonds is 5. The first-order chi connectivity index (χ1) is 11.9. The lowest BCUT2D eigenvalue weighted by atomic mass is 9.95. The van der Waals surface area contributed by atoms with Crippen molar-refractivity contribution in [3.8, 4) is 0 Å². The number of alkyl halides is 3. The molecule has 2 nitrogen and oxygen atoms in total. The van der Waals surface area contributed by atoms with Crippen LogP contribution in [0.3, 0.4) is 0 Å². The van der Waals surface area contributed by atoms with Gasteiger partial charge in [-0.05, 0) is 40.9 Å². The van der Waals surface area contributed by atoms with Gasteiger partial charge in [0.1, 0.15) is 11.6 Å². The molecule has 0 heterocycles. The number of hydrogen-bond donors (Lipinski definition) is 0. The minimum Gasteiger partial charge on any atom is -0.461 e. The molecule has 0 bridgehead atoms. The number of hydrogen-bond acceptors (Lipinski definition) is 2. The Kier molecular flexibility index (Phi) is 5.81. The van der Waals surface area contributed by atoms with E-state index in [1.807, 2.05) is 25.1 Å². The molecule has 6 heteroatoms. The van der Waals surface area contributed by atoms with E-state index >= 15 is 0 Å². The molecule has 1 aliphatic rings. The second-order valence-electron chi connectivity index (χ2n) is 7.73. The quantitative estimate of drug-likeness (QED) is 0.568. The first-order valence-electron chi connectivity index (χ1n) is 8.57. The van der Waals surface area contributed by atoms with Crippen molar-refractivity contribution in [1.29, 1.82) is 0 Å². The maximum absolute atomic E-state index is 12.6. The minimum absolute atomic E-state index is 0.112. The summed E-state index contributed by atoms with van der Waals surface area (Å²) in [5.74, 6) is -1.33. The Morgan fingerprint density at radius 1 is 1.35 bits per heavy atom. The Labute approximate surface area is 157 Å². The number of carbonyl (C=O) groups excluding carboxylic acids is 1. The molecule has 2 rings (SSSR count). The van der Waals surface area contributed by atoms with E-state index in [1.54, 1.807) is 13.8 Å². The summed E-state index contributed by atoms with van der Waals surface area (Å²) in [6.07, 6.45) is -3.67. The van der Waals surface area contributed by atoms with E-state index in [2.05, 4.69) is 13.8 Å². The Morgan fingerprint density at radius 2 is 1.96 bits per heavy atom. The number of ether oxygens (including phenoxy) is 1. The summed E-state index contributed by atoms with van der Waals surface area (Å²) in [7, 11) is 0. The smallest absolute Gasteiger partial charge is 0.426 e. The highest BCUT2D eigenvalue weighted by Gasteiger charge is 2.62.